The van der Waals surface area contributed by atoms with E-state index in [0.29, 0.717) is 32.0 Å². The van der Waals surface area contributed by atoms with Crippen molar-refractivity contribution < 1.29 is 14.3 Å². The average molecular weight is 360 g/mol. The lowest BCUT2D eigenvalue weighted by molar-refractivity contribution is -0.155. The molecule has 1 aliphatic rings. The second kappa shape index (κ2) is 8.21. The maximum absolute atomic E-state index is 13.0. The van der Waals surface area contributed by atoms with E-state index < -0.39 is 5.60 Å². The fourth-order valence-electron chi connectivity index (χ4n) is 3.36. The summed E-state index contributed by atoms with van der Waals surface area (Å²) in [5.41, 5.74) is 1.09. The minimum Gasteiger partial charge on any atom is -0.369 e. The van der Waals surface area contributed by atoms with Crippen LogP contribution in [0.1, 0.15) is 62.9 Å². The summed E-state index contributed by atoms with van der Waals surface area (Å²) < 4.78 is 5.44. The van der Waals surface area contributed by atoms with Gasteiger partial charge in [0.2, 0.25) is 0 Å². The second-order valence-corrected chi connectivity index (χ2v) is 7.67. The molecular formula is C21H32N2O3. The first-order valence-corrected chi connectivity index (χ1v) is 9.49. The molecule has 0 N–H and O–H groups in total. The Labute approximate surface area is 157 Å². The van der Waals surface area contributed by atoms with Crippen molar-refractivity contribution >= 4 is 11.8 Å². The molecule has 2 amide bonds. The molecule has 1 heterocycles. The number of carbonyl (C=O) groups is 2. The van der Waals surface area contributed by atoms with Crippen LogP contribution in [-0.4, -0.2) is 60.0 Å². The molecule has 0 radical (unpaired) electrons. The molecule has 1 aromatic carbocycles. The predicted octanol–water partition coefficient (Wildman–Crippen LogP) is 3.30. The standard InChI is InChI=1S/C21H32N2O3/c1-7-21(5,26-6)20(25)22-11-12-23(16(4)14-22)19(24)18-10-8-9-17(13-18)15(2)3/h8-10,13,15-16H,7,11-12,14H2,1-6H3. The number of amides is 2. The van der Waals surface area contributed by atoms with Gasteiger partial charge in [-0.2, -0.15) is 0 Å². The van der Waals surface area contributed by atoms with Crippen LogP contribution in [0.5, 0.6) is 0 Å². The summed E-state index contributed by atoms with van der Waals surface area (Å²) >= 11 is 0. The number of rotatable bonds is 5. The van der Waals surface area contributed by atoms with Gasteiger partial charge in [0.25, 0.3) is 11.8 Å². The van der Waals surface area contributed by atoms with Crippen LogP contribution in [0.3, 0.4) is 0 Å². The van der Waals surface area contributed by atoms with E-state index in [0.717, 1.165) is 11.1 Å². The van der Waals surface area contributed by atoms with Crippen LogP contribution >= 0.6 is 0 Å². The molecule has 2 unspecified atom stereocenters. The Morgan fingerprint density at radius 1 is 1.31 bits per heavy atom. The van der Waals surface area contributed by atoms with Gasteiger partial charge in [0, 0.05) is 38.3 Å². The maximum atomic E-state index is 13.0. The molecule has 144 valence electrons. The number of carbonyl (C=O) groups excluding carboxylic acids is 2. The van der Waals surface area contributed by atoms with E-state index in [4.69, 9.17) is 4.74 Å². The van der Waals surface area contributed by atoms with Crippen LogP contribution in [0.2, 0.25) is 0 Å². The average Bonchev–Trinajstić information content (AvgIpc) is 2.66. The molecule has 1 saturated heterocycles. The third-order valence-corrected chi connectivity index (χ3v) is 5.55. The summed E-state index contributed by atoms with van der Waals surface area (Å²) in [4.78, 5) is 29.5. The van der Waals surface area contributed by atoms with Crippen molar-refractivity contribution in [2.75, 3.05) is 26.7 Å². The highest BCUT2D eigenvalue weighted by Gasteiger charge is 2.38. The Kier molecular flexibility index (Phi) is 6.45. The molecule has 2 atom stereocenters. The van der Waals surface area contributed by atoms with E-state index in [9.17, 15) is 9.59 Å². The molecule has 1 aromatic rings. The number of benzene rings is 1. The SMILES string of the molecule is CCC(C)(OC)C(=O)N1CCN(C(=O)c2cccc(C(C)C)c2)C(C)C1. The van der Waals surface area contributed by atoms with Crippen molar-refractivity contribution in [3.05, 3.63) is 35.4 Å². The van der Waals surface area contributed by atoms with Gasteiger partial charge in [-0.15, -0.1) is 0 Å². The second-order valence-electron chi connectivity index (χ2n) is 7.67. The Balaban J connectivity index is 2.10. The van der Waals surface area contributed by atoms with Crippen LogP contribution in [0.25, 0.3) is 0 Å². The topological polar surface area (TPSA) is 49.9 Å². The monoisotopic (exact) mass is 360 g/mol. The molecule has 2 rings (SSSR count). The molecule has 5 heteroatoms. The highest BCUT2D eigenvalue weighted by Crippen LogP contribution is 2.22. The van der Waals surface area contributed by atoms with Crippen LogP contribution in [-0.2, 0) is 9.53 Å². The molecule has 0 aromatic heterocycles. The summed E-state index contributed by atoms with van der Waals surface area (Å²) in [7, 11) is 1.58. The van der Waals surface area contributed by atoms with Gasteiger partial charge in [-0.1, -0.05) is 32.9 Å². The number of hydrogen-bond acceptors (Lipinski definition) is 3. The summed E-state index contributed by atoms with van der Waals surface area (Å²) in [5, 5.41) is 0. The van der Waals surface area contributed by atoms with E-state index in [1.807, 2.05) is 48.8 Å². The maximum Gasteiger partial charge on any atom is 0.254 e. The summed E-state index contributed by atoms with van der Waals surface area (Å²) in [6.45, 7) is 11.6. The highest BCUT2D eigenvalue weighted by atomic mass is 16.5. The third kappa shape index (κ3) is 4.09. The van der Waals surface area contributed by atoms with Gasteiger partial charge < -0.3 is 14.5 Å². The van der Waals surface area contributed by atoms with Crippen LogP contribution in [0.15, 0.2) is 24.3 Å². The van der Waals surface area contributed by atoms with Gasteiger partial charge >= 0.3 is 0 Å². The van der Waals surface area contributed by atoms with Gasteiger partial charge in [0.1, 0.15) is 5.60 Å². The smallest absolute Gasteiger partial charge is 0.254 e. The summed E-state index contributed by atoms with van der Waals surface area (Å²) in [5.74, 6) is 0.427. The normalized spacial score (nSPS) is 20.2. The van der Waals surface area contributed by atoms with Crippen LogP contribution in [0, 0.1) is 0 Å². The molecule has 0 bridgehead atoms. The van der Waals surface area contributed by atoms with Crippen molar-refractivity contribution in [1.82, 2.24) is 9.80 Å². The molecule has 5 nitrogen and oxygen atoms in total. The van der Waals surface area contributed by atoms with Crippen molar-refractivity contribution in [3.63, 3.8) is 0 Å². The van der Waals surface area contributed by atoms with Crippen LogP contribution in [0.4, 0.5) is 0 Å². The molecule has 1 aliphatic heterocycles. The molecule has 1 fully saturated rings. The Morgan fingerprint density at radius 3 is 2.54 bits per heavy atom. The zero-order valence-corrected chi connectivity index (χ0v) is 16.9. The quantitative estimate of drug-likeness (QED) is 0.809. The van der Waals surface area contributed by atoms with Crippen molar-refractivity contribution in [2.45, 2.75) is 58.6 Å². The first-order valence-electron chi connectivity index (χ1n) is 9.49. The van der Waals surface area contributed by atoms with Crippen molar-refractivity contribution in [1.29, 1.82) is 0 Å². The van der Waals surface area contributed by atoms with E-state index >= 15 is 0 Å². The van der Waals surface area contributed by atoms with Crippen molar-refractivity contribution in [3.8, 4) is 0 Å². The lowest BCUT2D eigenvalue weighted by Gasteiger charge is -2.42. The first-order chi connectivity index (χ1) is 12.2. The Bertz CT molecular complexity index is 652. The number of ether oxygens (including phenoxy) is 1. The number of piperazine rings is 1. The van der Waals surface area contributed by atoms with E-state index in [-0.39, 0.29) is 17.9 Å². The lowest BCUT2D eigenvalue weighted by atomic mass is 9.99. The molecule has 0 saturated carbocycles. The zero-order valence-electron chi connectivity index (χ0n) is 16.9. The third-order valence-electron chi connectivity index (χ3n) is 5.55. The highest BCUT2D eigenvalue weighted by molar-refractivity contribution is 5.95. The Hall–Kier alpha value is -1.88. The van der Waals surface area contributed by atoms with Gasteiger partial charge in [-0.05, 0) is 43.9 Å². The molecular weight excluding hydrogens is 328 g/mol. The zero-order chi connectivity index (χ0) is 19.5. The number of nitrogens with zero attached hydrogens (tertiary/aromatic N) is 2. The minimum atomic E-state index is -0.794. The predicted molar refractivity (Wildman–Crippen MR) is 103 cm³/mol. The molecule has 26 heavy (non-hydrogen) atoms. The fraction of sp³-hybridized carbons (Fsp3) is 0.619. The van der Waals surface area contributed by atoms with Gasteiger partial charge in [-0.25, -0.2) is 0 Å². The first kappa shape index (κ1) is 20.4. The lowest BCUT2D eigenvalue weighted by Crippen LogP contribution is -2.59. The van der Waals surface area contributed by atoms with Gasteiger partial charge in [0.15, 0.2) is 0 Å². The summed E-state index contributed by atoms with van der Waals surface area (Å²) in [6, 6.07) is 7.82. The van der Waals surface area contributed by atoms with E-state index in [2.05, 4.69) is 19.9 Å². The molecule has 0 aliphatic carbocycles. The fourth-order valence-corrected chi connectivity index (χ4v) is 3.36. The number of methoxy groups -OCH3 is 1. The minimum absolute atomic E-state index is 0.00301. The van der Waals surface area contributed by atoms with E-state index in [1.54, 1.807) is 7.11 Å². The largest absolute Gasteiger partial charge is 0.369 e. The van der Waals surface area contributed by atoms with Gasteiger partial charge in [-0.3, -0.25) is 9.59 Å². The Morgan fingerprint density at radius 2 is 2.00 bits per heavy atom. The molecule has 0 spiro atoms. The van der Waals surface area contributed by atoms with Crippen molar-refractivity contribution in [2.24, 2.45) is 0 Å². The van der Waals surface area contributed by atoms with Gasteiger partial charge in [0.05, 0.1) is 0 Å². The summed E-state index contributed by atoms with van der Waals surface area (Å²) in [6.07, 6.45) is 0.623. The van der Waals surface area contributed by atoms with Crippen LogP contribution < -0.4 is 0 Å². The number of hydrogen-bond donors (Lipinski definition) is 0. The van der Waals surface area contributed by atoms with E-state index in [1.165, 1.54) is 0 Å².